The number of anilines is 1. The molecule has 7 nitrogen and oxygen atoms in total. The second-order valence-electron chi connectivity index (χ2n) is 11.4. The van der Waals surface area contributed by atoms with Gasteiger partial charge in [-0.05, 0) is 94.0 Å². The summed E-state index contributed by atoms with van der Waals surface area (Å²) in [6.45, 7) is 4.46. The molecule has 174 valence electrons. The molecule has 2 aliphatic heterocycles. The summed E-state index contributed by atoms with van der Waals surface area (Å²) in [7, 11) is 0. The molecule has 5 fully saturated rings. The van der Waals surface area contributed by atoms with Crippen molar-refractivity contribution in [3.8, 4) is 0 Å². The molecule has 4 bridgehead atoms. The Morgan fingerprint density at radius 2 is 1.78 bits per heavy atom. The number of aliphatic hydroxyl groups excluding tert-OH is 1. The van der Waals surface area contributed by atoms with Crippen molar-refractivity contribution < 1.29 is 9.90 Å². The van der Waals surface area contributed by atoms with Crippen LogP contribution < -0.4 is 5.32 Å². The maximum absolute atomic E-state index is 12.8. The summed E-state index contributed by atoms with van der Waals surface area (Å²) >= 11 is 0. The van der Waals surface area contributed by atoms with Crippen molar-refractivity contribution in [3.63, 3.8) is 0 Å². The van der Waals surface area contributed by atoms with Gasteiger partial charge in [0.1, 0.15) is 12.1 Å². The smallest absolute Gasteiger partial charge is 0.237 e. The molecule has 7 rings (SSSR count). The number of nitrogens with zero attached hydrogens (tertiary/aromatic N) is 4. The number of aromatic nitrogens is 2. The quantitative estimate of drug-likeness (QED) is 0.709. The molecule has 1 amide bonds. The molecular weight excluding hydrogens is 402 g/mol. The van der Waals surface area contributed by atoms with Crippen LogP contribution in [0.1, 0.15) is 62.6 Å². The van der Waals surface area contributed by atoms with E-state index in [0.717, 1.165) is 60.9 Å². The molecule has 6 aliphatic rings. The summed E-state index contributed by atoms with van der Waals surface area (Å²) < 4.78 is 0. The number of nitrogens with one attached hydrogen (secondary N) is 1. The Morgan fingerprint density at radius 1 is 1.09 bits per heavy atom. The van der Waals surface area contributed by atoms with Crippen LogP contribution in [0.25, 0.3) is 0 Å². The molecule has 1 aromatic rings. The molecule has 7 heteroatoms. The number of amides is 1. The van der Waals surface area contributed by atoms with Gasteiger partial charge in [-0.2, -0.15) is 0 Å². The first-order valence-corrected chi connectivity index (χ1v) is 12.8. The molecule has 1 unspecified atom stereocenters. The van der Waals surface area contributed by atoms with Gasteiger partial charge < -0.3 is 15.3 Å². The number of carbonyl (C=O) groups is 1. The molecule has 1 aromatic heterocycles. The van der Waals surface area contributed by atoms with Crippen LogP contribution in [0.15, 0.2) is 6.33 Å². The van der Waals surface area contributed by atoms with Gasteiger partial charge in [0.25, 0.3) is 0 Å². The average molecular weight is 440 g/mol. The SMILES string of the molecule is O=C(CN1CCCC1)N1CCc2c(ncnc2NCC(O)C23CC4CC(CC(C4)C2)C3)C1. The summed E-state index contributed by atoms with van der Waals surface area (Å²) in [5, 5.41) is 14.8. The van der Waals surface area contributed by atoms with Gasteiger partial charge in [0.15, 0.2) is 0 Å². The molecule has 3 heterocycles. The van der Waals surface area contributed by atoms with E-state index < -0.39 is 0 Å². The first-order valence-electron chi connectivity index (χ1n) is 12.8. The highest BCUT2D eigenvalue weighted by Gasteiger charge is 2.53. The van der Waals surface area contributed by atoms with Crippen LogP contribution in [0.5, 0.6) is 0 Å². The van der Waals surface area contributed by atoms with Crippen molar-refractivity contribution in [3.05, 3.63) is 17.6 Å². The van der Waals surface area contributed by atoms with Crippen LogP contribution in [-0.4, -0.2) is 69.6 Å². The Bertz CT molecular complexity index is 833. The lowest BCUT2D eigenvalue weighted by Gasteiger charge is -2.58. The van der Waals surface area contributed by atoms with Crippen LogP contribution >= 0.6 is 0 Å². The summed E-state index contributed by atoms with van der Waals surface area (Å²) in [5.74, 6) is 3.58. The fraction of sp³-hybridized carbons (Fsp3) is 0.800. The van der Waals surface area contributed by atoms with E-state index in [1.165, 1.54) is 51.4 Å². The maximum atomic E-state index is 12.8. The Balaban J connectivity index is 1.09. The van der Waals surface area contributed by atoms with E-state index >= 15 is 0 Å². The number of aliphatic hydroxyl groups is 1. The molecule has 4 aliphatic carbocycles. The van der Waals surface area contributed by atoms with E-state index in [1.807, 2.05) is 4.90 Å². The van der Waals surface area contributed by atoms with Crippen molar-refractivity contribution in [1.29, 1.82) is 0 Å². The lowest BCUT2D eigenvalue weighted by Crippen LogP contribution is -2.53. The number of hydrogen-bond donors (Lipinski definition) is 2. The third-order valence-electron chi connectivity index (χ3n) is 9.17. The third kappa shape index (κ3) is 3.81. The van der Waals surface area contributed by atoms with Crippen molar-refractivity contribution in [1.82, 2.24) is 19.8 Å². The molecule has 32 heavy (non-hydrogen) atoms. The monoisotopic (exact) mass is 439 g/mol. The molecule has 1 atom stereocenters. The van der Waals surface area contributed by atoms with E-state index in [9.17, 15) is 9.90 Å². The zero-order valence-electron chi connectivity index (χ0n) is 19.1. The molecule has 0 aromatic carbocycles. The normalized spacial score (nSPS) is 34.5. The lowest BCUT2D eigenvalue weighted by atomic mass is 9.48. The zero-order valence-corrected chi connectivity index (χ0v) is 19.1. The maximum Gasteiger partial charge on any atom is 0.237 e. The minimum absolute atomic E-state index is 0.119. The van der Waals surface area contributed by atoms with Gasteiger partial charge in [-0.15, -0.1) is 0 Å². The summed E-state index contributed by atoms with van der Waals surface area (Å²) in [4.78, 5) is 26.0. The average Bonchev–Trinajstić information content (AvgIpc) is 3.29. The highest BCUT2D eigenvalue weighted by atomic mass is 16.3. The summed E-state index contributed by atoms with van der Waals surface area (Å²) in [6.07, 6.45) is 12.3. The van der Waals surface area contributed by atoms with Crippen LogP contribution in [0.4, 0.5) is 5.82 Å². The van der Waals surface area contributed by atoms with E-state index in [0.29, 0.717) is 19.6 Å². The molecule has 0 spiro atoms. The molecular formula is C25H37N5O2. The number of likely N-dealkylation sites (tertiary alicyclic amines) is 1. The Morgan fingerprint density at radius 3 is 2.47 bits per heavy atom. The topological polar surface area (TPSA) is 81.6 Å². The van der Waals surface area contributed by atoms with Crippen molar-refractivity contribution >= 4 is 11.7 Å². The number of carbonyl (C=O) groups excluding carboxylic acids is 1. The van der Waals surface area contributed by atoms with E-state index in [2.05, 4.69) is 20.2 Å². The van der Waals surface area contributed by atoms with Crippen molar-refractivity contribution in [2.45, 2.75) is 70.4 Å². The van der Waals surface area contributed by atoms with Crippen molar-refractivity contribution in [2.75, 3.05) is 38.0 Å². The van der Waals surface area contributed by atoms with Crippen LogP contribution in [-0.2, 0) is 17.8 Å². The largest absolute Gasteiger partial charge is 0.391 e. The summed E-state index contributed by atoms with van der Waals surface area (Å²) in [6, 6.07) is 0. The standard InChI is InChI=1S/C25H37N5O2/c31-22(25-10-17-7-18(11-25)9-19(8-17)12-25)13-26-24-20-3-6-30(14-21(20)27-16-28-24)23(32)15-29-4-1-2-5-29/h16-19,22,31H,1-15H2,(H,26,27,28). The minimum Gasteiger partial charge on any atom is -0.391 e. The Labute approximate surface area is 191 Å². The molecule has 2 N–H and O–H groups in total. The van der Waals surface area contributed by atoms with Gasteiger partial charge in [-0.25, -0.2) is 9.97 Å². The molecule has 0 radical (unpaired) electrons. The Hall–Kier alpha value is -1.73. The van der Waals surface area contributed by atoms with Gasteiger partial charge >= 0.3 is 0 Å². The molecule has 1 saturated heterocycles. The number of hydrogen-bond acceptors (Lipinski definition) is 6. The minimum atomic E-state index is -0.316. The highest BCUT2D eigenvalue weighted by Crippen LogP contribution is 2.61. The van der Waals surface area contributed by atoms with Gasteiger partial charge in [0.2, 0.25) is 5.91 Å². The van der Waals surface area contributed by atoms with E-state index in [4.69, 9.17) is 0 Å². The predicted octanol–water partition coefficient (Wildman–Crippen LogP) is 2.45. The van der Waals surface area contributed by atoms with Crippen LogP contribution in [0.3, 0.4) is 0 Å². The number of rotatable bonds is 6. The lowest BCUT2D eigenvalue weighted by molar-refractivity contribution is -0.133. The van der Waals surface area contributed by atoms with Gasteiger partial charge in [-0.1, -0.05) is 0 Å². The summed E-state index contributed by atoms with van der Waals surface area (Å²) in [5.41, 5.74) is 2.19. The zero-order chi connectivity index (χ0) is 21.7. The third-order valence-corrected chi connectivity index (χ3v) is 9.17. The van der Waals surface area contributed by atoms with Gasteiger partial charge in [-0.3, -0.25) is 9.69 Å². The first kappa shape index (κ1) is 20.8. The van der Waals surface area contributed by atoms with Crippen molar-refractivity contribution in [2.24, 2.45) is 23.2 Å². The Kier molecular flexibility index (Phi) is 5.37. The second-order valence-corrected chi connectivity index (χ2v) is 11.4. The molecule has 4 saturated carbocycles. The predicted molar refractivity (Wildman–Crippen MR) is 122 cm³/mol. The van der Waals surface area contributed by atoms with E-state index in [-0.39, 0.29) is 17.4 Å². The fourth-order valence-electron chi connectivity index (χ4n) is 7.95. The van der Waals surface area contributed by atoms with E-state index in [1.54, 1.807) is 6.33 Å². The van der Waals surface area contributed by atoms with Crippen LogP contribution in [0.2, 0.25) is 0 Å². The first-order chi connectivity index (χ1) is 15.6. The second kappa shape index (κ2) is 8.24. The van der Waals surface area contributed by atoms with Gasteiger partial charge in [0.05, 0.1) is 24.9 Å². The number of fused-ring (bicyclic) bond motifs is 1. The van der Waals surface area contributed by atoms with Gasteiger partial charge in [0, 0.05) is 18.7 Å². The fourth-order valence-corrected chi connectivity index (χ4v) is 7.95. The van der Waals surface area contributed by atoms with Crippen LogP contribution in [0, 0.1) is 23.2 Å². The highest BCUT2D eigenvalue weighted by molar-refractivity contribution is 5.78.